The van der Waals surface area contributed by atoms with E-state index in [1.807, 2.05) is 6.92 Å². The van der Waals surface area contributed by atoms with Crippen molar-refractivity contribution in [2.24, 2.45) is 0 Å². The minimum absolute atomic E-state index is 0.0140. The number of carboxylic acids is 1. The van der Waals surface area contributed by atoms with E-state index in [-0.39, 0.29) is 29.5 Å². The van der Waals surface area contributed by atoms with E-state index in [1.54, 1.807) is 48.5 Å². The molecule has 0 atom stereocenters. The monoisotopic (exact) mass is 418 g/mol. The molecular weight excluding hydrogens is 400 g/mol. The Morgan fingerprint density at radius 2 is 1.68 bits per heavy atom. The van der Waals surface area contributed by atoms with Crippen LogP contribution in [0.1, 0.15) is 49.5 Å². The van der Waals surface area contributed by atoms with Gasteiger partial charge in [0, 0.05) is 11.1 Å². The molecule has 0 radical (unpaired) electrons. The highest BCUT2D eigenvalue weighted by Crippen LogP contribution is 2.32. The van der Waals surface area contributed by atoms with Gasteiger partial charge in [0.2, 0.25) is 5.76 Å². The molecule has 1 aromatic heterocycles. The van der Waals surface area contributed by atoms with Gasteiger partial charge in [0.05, 0.1) is 12.2 Å². The maximum atomic E-state index is 12.6. The summed E-state index contributed by atoms with van der Waals surface area (Å²) in [5.41, 5.74) is 1.53. The Morgan fingerprint density at radius 3 is 2.29 bits per heavy atom. The average Bonchev–Trinajstić information content (AvgIpc) is 3.33. The Bertz CT molecular complexity index is 1180. The molecule has 4 rings (SSSR count). The molecular formula is C24H18O7. The number of aromatic carboxylic acids is 1. The number of ether oxygens (including phenoxy) is 2. The van der Waals surface area contributed by atoms with Crippen LogP contribution in [0.3, 0.4) is 0 Å². The summed E-state index contributed by atoms with van der Waals surface area (Å²) in [5.74, 6) is -0.723. The fourth-order valence-corrected chi connectivity index (χ4v) is 3.29. The molecule has 1 heterocycles. The second-order valence-corrected chi connectivity index (χ2v) is 6.76. The van der Waals surface area contributed by atoms with Crippen molar-refractivity contribution in [1.29, 1.82) is 0 Å². The van der Waals surface area contributed by atoms with Gasteiger partial charge in [-0.3, -0.25) is 9.59 Å². The van der Waals surface area contributed by atoms with Gasteiger partial charge in [-0.2, -0.15) is 0 Å². The SMILES string of the molecule is CCOc1cc(C=C2C(=O)c3ccccc3C2=O)ccc1OCc1ccc(C(=O)O)o1. The number of carbonyl (C=O) groups excluding carboxylic acids is 2. The number of carboxylic acid groups (broad SMARTS) is 1. The molecule has 0 fully saturated rings. The average molecular weight is 418 g/mol. The van der Waals surface area contributed by atoms with Gasteiger partial charge in [-0.1, -0.05) is 30.3 Å². The Kier molecular flexibility index (Phi) is 5.41. The first kappa shape index (κ1) is 20.2. The van der Waals surface area contributed by atoms with E-state index in [0.29, 0.717) is 40.6 Å². The summed E-state index contributed by atoms with van der Waals surface area (Å²) in [7, 11) is 0. The van der Waals surface area contributed by atoms with Gasteiger partial charge in [-0.25, -0.2) is 4.79 Å². The third-order valence-corrected chi connectivity index (χ3v) is 4.73. The molecule has 0 unspecified atom stereocenters. The number of carbonyl (C=O) groups is 3. The van der Waals surface area contributed by atoms with Crippen molar-refractivity contribution in [3.63, 3.8) is 0 Å². The van der Waals surface area contributed by atoms with Crippen LogP contribution in [0.15, 0.2) is 64.6 Å². The maximum Gasteiger partial charge on any atom is 0.371 e. The summed E-state index contributed by atoms with van der Waals surface area (Å²) in [5, 5.41) is 8.93. The fraction of sp³-hybridized carbons (Fsp3) is 0.125. The van der Waals surface area contributed by atoms with Gasteiger partial charge in [0.15, 0.2) is 23.1 Å². The molecule has 7 heteroatoms. The largest absolute Gasteiger partial charge is 0.490 e. The highest BCUT2D eigenvalue weighted by atomic mass is 16.5. The number of furan rings is 1. The van der Waals surface area contributed by atoms with Crippen LogP contribution >= 0.6 is 0 Å². The van der Waals surface area contributed by atoms with Crippen LogP contribution in [0.4, 0.5) is 0 Å². The van der Waals surface area contributed by atoms with Crippen molar-refractivity contribution in [3.8, 4) is 11.5 Å². The molecule has 1 aliphatic rings. The molecule has 156 valence electrons. The first-order valence-corrected chi connectivity index (χ1v) is 9.59. The zero-order valence-corrected chi connectivity index (χ0v) is 16.6. The molecule has 0 aliphatic heterocycles. The number of Topliss-reactive ketones (excluding diaryl/α,β-unsaturated/α-hetero) is 2. The molecule has 2 aromatic carbocycles. The second kappa shape index (κ2) is 8.31. The van der Waals surface area contributed by atoms with Crippen LogP contribution < -0.4 is 9.47 Å². The van der Waals surface area contributed by atoms with Crippen molar-refractivity contribution in [2.75, 3.05) is 6.61 Å². The molecule has 1 aliphatic carbocycles. The number of rotatable bonds is 7. The van der Waals surface area contributed by atoms with Gasteiger partial charge >= 0.3 is 5.97 Å². The number of hydrogen-bond donors (Lipinski definition) is 1. The van der Waals surface area contributed by atoms with E-state index in [4.69, 9.17) is 19.0 Å². The first-order valence-electron chi connectivity index (χ1n) is 9.59. The van der Waals surface area contributed by atoms with Crippen molar-refractivity contribution >= 4 is 23.6 Å². The topological polar surface area (TPSA) is 103 Å². The molecule has 0 bridgehead atoms. The molecule has 31 heavy (non-hydrogen) atoms. The molecule has 7 nitrogen and oxygen atoms in total. The van der Waals surface area contributed by atoms with E-state index in [2.05, 4.69) is 0 Å². The zero-order chi connectivity index (χ0) is 22.0. The standard InChI is InChI=1S/C24H18O7/c1-2-29-21-12-14(11-18-22(25)16-5-3-4-6-17(16)23(18)26)7-9-19(21)30-13-15-8-10-20(31-15)24(27)28/h3-12H,2,13H2,1H3,(H,27,28). The summed E-state index contributed by atoms with van der Waals surface area (Å²) >= 11 is 0. The predicted molar refractivity (Wildman–Crippen MR) is 111 cm³/mol. The van der Waals surface area contributed by atoms with Gasteiger partial charge in [0.1, 0.15) is 12.4 Å². The Labute approximate surface area is 177 Å². The van der Waals surface area contributed by atoms with Gasteiger partial charge < -0.3 is 19.0 Å². The third-order valence-electron chi connectivity index (χ3n) is 4.73. The van der Waals surface area contributed by atoms with E-state index in [0.717, 1.165) is 0 Å². The molecule has 0 saturated heterocycles. The first-order chi connectivity index (χ1) is 15.0. The lowest BCUT2D eigenvalue weighted by atomic mass is 10.1. The van der Waals surface area contributed by atoms with Crippen LogP contribution in [0.5, 0.6) is 11.5 Å². The van der Waals surface area contributed by atoms with E-state index in [9.17, 15) is 14.4 Å². The van der Waals surface area contributed by atoms with Gasteiger partial charge in [0.25, 0.3) is 0 Å². The van der Waals surface area contributed by atoms with Crippen LogP contribution in [-0.2, 0) is 6.61 Å². The van der Waals surface area contributed by atoms with Crippen LogP contribution in [-0.4, -0.2) is 29.2 Å². The van der Waals surface area contributed by atoms with E-state index < -0.39 is 5.97 Å². The number of ketones is 2. The number of allylic oxidation sites excluding steroid dienone is 1. The minimum atomic E-state index is -1.16. The lowest BCUT2D eigenvalue weighted by Crippen LogP contribution is -2.01. The van der Waals surface area contributed by atoms with Crippen LogP contribution in [0, 0.1) is 0 Å². The molecule has 3 aromatic rings. The quantitative estimate of drug-likeness (QED) is 0.447. The summed E-state index contributed by atoms with van der Waals surface area (Å²) in [6.07, 6.45) is 1.54. The molecule has 0 amide bonds. The third kappa shape index (κ3) is 3.98. The summed E-state index contributed by atoms with van der Waals surface area (Å²) in [6, 6.07) is 14.7. The molecule has 0 saturated carbocycles. The van der Waals surface area contributed by atoms with Crippen molar-refractivity contribution in [2.45, 2.75) is 13.5 Å². The van der Waals surface area contributed by atoms with Crippen molar-refractivity contribution in [3.05, 3.63) is 88.4 Å². The lowest BCUT2D eigenvalue weighted by Gasteiger charge is -2.12. The van der Waals surface area contributed by atoms with E-state index in [1.165, 1.54) is 12.1 Å². The number of fused-ring (bicyclic) bond motifs is 1. The highest BCUT2D eigenvalue weighted by Gasteiger charge is 2.32. The minimum Gasteiger partial charge on any atom is -0.490 e. The van der Waals surface area contributed by atoms with Crippen LogP contribution in [0.25, 0.3) is 6.08 Å². The fourth-order valence-electron chi connectivity index (χ4n) is 3.29. The summed E-state index contributed by atoms with van der Waals surface area (Å²) < 4.78 is 16.5. The number of hydrogen-bond acceptors (Lipinski definition) is 6. The summed E-state index contributed by atoms with van der Waals surface area (Å²) in [6.45, 7) is 2.21. The zero-order valence-electron chi connectivity index (χ0n) is 16.6. The van der Waals surface area contributed by atoms with Crippen LogP contribution in [0.2, 0.25) is 0 Å². The smallest absolute Gasteiger partial charge is 0.371 e. The summed E-state index contributed by atoms with van der Waals surface area (Å²) in [4.78, 5) is 36.1. The Morgan fingerprint density at radius 1 is 0.968 bits per heavy atom. The number of benzene rings is 2. The van der Waals surface area contributed by atoms with Crippen molar-refractivity contribution in [1.82, 2.24) is 0 Å². The predicted octanol–water partition coefficient (Wildman–Crippen LogP) is 4.42. The van der Waals surface area contributed by atoms with E-state index >= 15 is 0 Å². The highest BCUT2D eigenvalue weighted by molar-refractivity contribution is 6.41. The maximum absolute atomic E-state index is 12.6. The lowest BCUT2D eigenvalue weighted by molar-refractivity contribution is 0.0657. The molecule has 1 N–H and O–H groups in total. The van der Waals surface area contributed by atoms with Gasteiger partial charge in [-0.05, 0) is 42.8 Å². The normalized spacial score (nSPS) is 12.6. The van der Waals surface area contributed by atoms with Crippen molar-refractivity contribution < 1.29 is 33.4 Å². The second-order valence-electron chi connectivity index (χ2n) is 6.76. The van der Waals surface area contributed by atoms with Gasteiger partial charge in [-0.15, -0.1) is 0 Å². The Balaban J connectivity index is 1.57. The molecule has 0 spiro atoms. The Hall–Kier alpha value is -4.13.